The molecule has 0 aliphatic rings. The molecule has 0 unspecified atom stereocenters. The summed E-state index contributed by atoms with van der Waals surface area (Å²) in [6, 6.07) is 0. The van der Waals surface area contributed by atoms with Gasteiger partial charge in [0.25, 0.3) is 0 Å². The van der Waals surface area contributed by atoms with Crippen LogP contribution in [0.2, 0.25) is 0 Å². The quantitative estimate of drug-likeness (QED) is 0.411. The second-order valence-corrected chi connectivity index (χ2v) is 5.65. The molecule has 13 heavy (non-hydrogen) atoms. The Balaban J connectivity index is 3.38. The first-order chi connectivity index (χ1) is 5.98. The van der Waals surface area contributed by atoms with Crippen molar-refractivity contribution in [2.75, 3.05) is 6.61 Å². The van der Waals surface area contributed by atoms with Gasteiger partial charge in [0.15, 0.2) is 0 Å². The molecule has 0 aliphatic heterocycles. The molecule has 0 amide bonds. The van der Waals surface area contributed by atoms with E-state index in [1.807, 2.05) is 0 Å². The van der Waals surface area contributed by atoms with Crippen molar-refractivity contribution in [1.82, 2.24) is 0 Å². The number of alkyl halides is 1. The van der Waals surface area contributed by atoms with Gasteiger partial charge in [0, 0.05) is 0 Å². The molecular formula is C10H19BrO2. The molecule has 0 aliphatic carbocycles. The van der Waals surface area contributed by atoms with Crippen molar-refractivity contribution in [2.45, 2.75) is 50.8 Å². The number of carbonyl (C=O) groups excluding carboxylic acids is 1. The van der Waals surface area contributed by atoms with Crippen molar-refractivity contribution < 1.29 is 9.53 Å². The molecule has 0 atom stereocenters. The molecule has 3 heteroatoms. The van der Waals surface area contributed by atoms with Crippen molar-refractivity contribution in [3.63, 3.8) is 0 Å². The first-order valence-corrected chi connectivity index (χ1v) is 5.64. The molecule has 0 spiro atoms. The van der Waals surface area contributed by atoms with Crippen molar-refractivity contribution in [1.29, 1.82) is 0 Å². The molecule has 0 saturated carbocycles. The molecule has 78 valence electrons. The van der Waals surface area contributed by atoms with Crippen LogP contribution in [-0.2, 0) is 9.53 Å². The Labute approximate surface area is 89.2 Å². The maximum atomic E-state index is 11.2. The highest BCUT2D eigenvalue weighted by atomic mass is 79.9. The topological polar surface area (TPSA) is 26.3 Å². The molecule has 0 fully saturated rings. The van der Waals surface area contributed by atoms with E-state index in [1.165, 1.54) is 12.8 Å². The fourth-order valence-electron chi connectivity index (χ4n) is 0.865. The second kappa shape index (κ2) is 6.41. The molecule has 0 aromatic rings. The standard InChI is InChI=1S/C10H19BrO2/c1-4-5-6-7-8-13-9(12)10(2,3)11/h4-8H2,1-3H3. The van der Waals surface area contributed by atoms with Gasteiger partial charge < -0.3 is 4.74 Å². The summed E-state index contributed by atoms with van der Waals surface area (Å²) in [4.78, 5) is 11.2. The number of rotatable bonds is 6. The van der Waals surface area contributed by atoms with E-state index in [-0.39, 0.29) is 5.97 Å². The maximum absolute atomic E-state index is 11.2. The number of ether oxygens (including phenoxy) is 1. The maximum Gasteiger partial charge on any atom is 0.322 e. The number of hydrogen-bond acceptors (Lipinski definition) is 2. The summed E-state index contributed by atoms with van der Waals surface area (Å²) < 4.78 is 4.52. The number of halogens is 1. The van der Waals surface area contributed by atoms with E-state index in [2.05, 4.69) is 22.9 Å². The lowest BCUT2D eigenvalue weighted by Crippen LogP contribution is -2.26. The summed E-state index contributed by atoms with van der Waals surface area (Å²) >= 11 is 3.25. The van der Waals surface area contributed by atoms with Crippen molar-refractivity contribution in [3.05, 3.63) is 0 Å². The second-order valence-electron chi connectivity index (χ2n) is 3.67. The number of carbonyl (C=O) groups is 1. The van der Waals surface area contributed by atoms with Gasteiger partial charge in [-0.15, -0.1) is 0 Å². The molecule has 0 N–H and O–H groups in total. The zero-order chi connectivity index (χ0) is 10.3. The highest BCUT2D eigenvalue weighted by molar-refractivity contribution is 9.10. The van der Waals surface area contributed by atoms with Gasteiger partial charge in [0.2, 0.25) is 0 Å². The summed E-state index contributed by atoms with van der Waals surface area (Å²) in [7, 11) is 0. The molecule has 0 saturated heterocycles. The Morgan fingerprint density at radius 3 is 2.38 bits per heavy atom. The van der Waals surface area contributed by atoms with Crippen molar-refractivity contribution in [2.24, 2.45) is 0 Å². The molecule has 2 nitrogen and oxygen atoms in total. The number of hydrogen-bond donors (Lipinski definition) is 0. The third kappa shape index (κ3) is 7.05. The van der Waals surface area contributed by atoms with E-state index in [0.29, 0.717) is 6.61 Å². The Bertz CT molecular complexity index is 149. The van der Waals surface area contributed by atoms with E-state index < -0.39 is 4.32 Å². The van der Waals surface area contributed by atoms with Crippen LogP contribution in [0.15, 0.2) is 0 Å². The lowest BCUT2D eigenvalue weighted by molar-refractivity contribution is -0.145. The minimum Gasteiger partial charge on any atom is -0.465 e. The van der Waals surface area contributed by atoms with E-state index in [1.54, 1.807) is 13.8 Å². The molecule has 0 rings (SSSR count). The average molecular weight is 251 g/mol. The van der Waals surface area contributed by atoms with Gasteiger partial charge >= 0.3 is 5.97 Å². The fraction of sp³-hybridized carbons (Fsp3) is 0.900. The smallest absolute Gasteiger partial charge is 0.322 e. The monoisotopic (exact) mass is 250 g/mol. The molecular weight excluding hydrogens is 232 g/mol. The average Bonchev–Trinajstić information content (AvgIpc) is 2.02. The fourth-order valence-corrected chi connectivity index (χ4v) is 0.980. The minimum atomic E-state index is -0.544. The zero-order valence-electron chi connectivity index (χ0n) is 8.73. The van der Waals surface area contributed by atoms with Crippen LogP contribution < -0.4 is 0 Å². The summed E-state index contributed by atoms with van der Waals surface area (Å²) in [5.74, 6) is -0.177. The first-order valence-electron chi connectivity index (χ1n) is 4.84. The predicted molar refractivity (Wildman–Crippen MR) is 58.1 cm³/mol. The SMILES string of the molecule is CCCCCCOC(=O)C(C)(C)Br. The molecule has 0 aromatic heterocycles. The summed E-state index contributed by atoms with van der Waals surface area (Å²) in [6.45, 7) is 6.30. The third-order valence-electron chi connectivity index (χ3n) is 1.72. The minimum absolute atomic E-state index is 0.177. The van der Waals surface area contributed by atoms with Gasteiger partial charge in [-0.25, -0.2) is 0 Å². The van der Waals surface area contributed by atoms with Crippen LogP contribution in [0.4, 0.5) is 0 Å². The largest absolute Gasteiger partial charge is 0.465 e. The van der Waals surface area contributed by atoms with Crippen LogP contribution >= 0.6 is 15.9 Å². The Morgan fingerprint density at radius 2 is 1.92 bits per heavy atom. The van der Waals surface area contributed by atoms with Gasteiger partial charge in [-0.2, -0.15) is 0 Å². The Hall–Kier alpha value is -0.0500. The molecule has 0 heterocycles. The summed E-state index contributed by atoms with van der Waals surface area (Å²) in [5, 5.41) is 0. The lowest BCUT2D eigenvalue weighted by atomic mass is 10.2. The molecule has 0 radical (unpaired) electrons. The van der Waals surface area contributed by atoms with Gasteiger partial charge in [-0.05, 0) is 20.3 Å². The van der Waals surface area contributed by atoms with Crippen molar-refractivity contribution >= 4 is 21.9 Å². The summed E-state index contributed by atoms with van der Waals surface area (Å²) in [6.07, 6.45) is 4.54. The predicted octanol–water partition coefficient (Wildman–Crippen LogP) is 3.28. The number of unbranched alkanes of at least 4 members (excludes halogenated alkanes) is 3. The third-order valence-corrected chi connectivity index (χ3v) is 2.04. The lowest BCUT2D eigenvalue weighted by Gasteiger charge is -2.14. The first kappa shape index (κ1) is 12.9. The zero-order valence-corrected chi connectivity index (χ0v) is 10.3. The molecule has 0 bridgehead atoms. The van der Waals surface area contributed by atoms with Gasteiger partial charge in [0.05, 0.1) is 6.61 Å². The highest BCUT2D eigenvalue weighted by Crippen LogP contribution is 2.17. The van der Waals surface area contributed by atoms with Gasteiger partial charge in [0.1, 0.15) is 4.32 Å². The Kier molecular flexibility index (Phi) is 6.39. The van der Waals surface area contributed by atoms with Crippen LogP contribution in [0.3, 0.4) is 0 Å². The normalized spacial score (nSPS) is 11.4. The van der Waals surface area contributed by atoms with Crippen LogP contribution in [0, 0.1) is 0 Å². The van der Waals surface area contributed by atoms with Gasteiger partial charge in [-0.1, -0.05) is 42.1 Å². The van der Waals surface area contributed by atoms with Crippen LogP contribution in [0.1, 0.15) is 46.5 Å². The van der Waals surface area contributed by atoms with Crippen LogP contribution in [0.25, 0.3) is 0 Å². The van der Waals surface area contributed by atoms with E-state index in [0.717, 1.165) is 12.8 Å². The Morgan fingerprint density at radius 1 is 1.31 bits per heavy atom. The van der Waals surface area contributed by atoms with E-state index in [9.17, 15) is 4.79 Å². The number of esters is 1. The summed E-state index contributed by atoms with van der Waals surface area (Å²) in [5.41, 5.74) is 0. The van der Waals surface area contributed by atoms with E-state index in [4.69, 9.17) is 4.74 Å². The van der Waals surface area contributed by atoms with Gasteiger partial charge in [-0.3, -0.25) is 4.79 Å². The van der Waals surface area contributed by atoms with Crippen LogP contribution in [-0.4, -0.2) is 16.9 Å². The van der Waals surface area contributed by atoms with E-state index >= 15 is 0 Å². The van der Waals surface area contributed by atoms with Crippen molar-refractivity contribution in [3.8, 4) is 0 Å². The van der Waals surface area contributed by atoms with Crippen LogP contribution in [0.5, 0.6) is 0 Å². The highest BCUT2D eigenvalue weighted by Gasteiger charge is 2.24. The molecule has 0 aromatic carbocycles.